The monoisotopic (exact) mass is 935 g/mol. The second-order valence-corrected chi connectivity index (χ2v) is 19.6. The number of rotatable bonds is 9. The van der Waals surface area contributed by atoms with Gasteiger partial charge in [-0.3, -0.25) is 0 Å². The standard InChI is InChI=1S/C68H45N3S/c1-4-16-46(17-5-1)48-28-33-55(34-29-48)69(53-21-6-2-7-22-53)58-41-52(42-59(44-58)70(54-23-8-3-9-24-54)57-36-39-67-64(45-57)62-26-14-15-27-66(62)72-67)51-32-37-61-63-38-31-49-19-12-13-25-60(49)68(63)71(65(61)43-51)56-35-30-47-18-10-11-20-50(47)40-56/h1-45H. The van der Waals surface area contributed by atoms with E-state index in [-0.39, 0.29) is 0 Å². The van der Waals surface area contributed by atoms with Crippen LogP contribution in [0.3, 0.4) is 0 Å². The first-order valence-corrected chi connectivity index (χ1v) is 25.4. The van der Waals surface area contributed by atoms with Gasteiger partial charge in [0.15, 0.2) is 0 Å². The molecule has 0 bridgehead atoms. The molecule has 0 saturated carbocycles. The highest BCUT2D eigenvalue weighted by atomic mass is 32.1. The Bertz CT molecular complexity index is 4330. The van der Waals surface area contributed by atoms with E-state index in [1.54, 1.807) is 0 Å². The summed E-state index contributed by atoms with van der Waals surface area (Å²) in [5.41, 5.74) is 14.5. The highest BCUT2D eigenvalue weighted by Gasteiger charge is 2.22. The van der Waals surface area contributed by atoms with Gasteiger partial charge in [-0.2, -0.15) is 0 Å². The van der Waals surface area contributed by atoms with E-state index < -0.39 is 0 Å². The molecule has 0 aliphatic carbocycles. The number of para-hydroxylation sites is 2. The van der Waals surface area contributed by atoms with Crippen LogP contribution in [0.15, 0.2) is 273 Å². The van der Waals surface area contributed by atoms with Crippen molar-refractivity contribution < 1.29 is 0 Å². The number of thiophene rings is 1. The molecule has 0 aliphatic rings. The highest BCUT2D eigenvalue weighted by molar-refractivity contribution is 7.25. The lowest BCUT2D eigenvalue weighted by Crippen LogP contribution is -2.13. The van der Waals surface area contributed by atoms with E-state index in [1.807, 2.05) is 11.3 Å². The number of benzene rings is 12. The minimum absolute atomic E-state index is 1.05. The number of nitrogens with zero attached hydrogens (tertiary/aromatic N) is 3. The summed E-state index contributed by atoms with van der Waals surface area (Å²) in [6, 6.07) is 100. The Morgan fingerprint density at radius 2 is 0.806 bits per heavy atom. The molecule has 0 atom stereocenters. The number of aromatic nitrogens is 1. The topological polar surface area (TPSA) is 11.4 Å². The van der Waals surface area contributed by atoms with Crippen LogP contribution < -0.4 is 9.80 Å². The molecular formula is C68H45N3S. The molecule has 2 aromatic heterocycles. The highest BCUT2D eigenvalue weighted by Crippen LogP contribution is 2.46. The fraction of sp³-hybridized carbons (Fsp3) is 0. The number of hydrogen-bond acceptors (Lipinski definition) is 3. The van der Waals surface area contributed by atoms with Gasteiger partial charge in [0.1, 0.15) is 0 Å². The molecular weight excluding hydrogens is 891 g/mol. The predicted octanol–water partition coefficient (Wildman–Crippen LogP) is 19.7. The van der Waals surface area contributed by atoms with Gasteiger partial charge in [0.2, 0.25) is 0 Å². The molecule has 3 nitrogen and oxygen atoms in total. The molecule has 14 aromatic rings. The first-order valence-electron chi connectivity index (χ1n) is 24.6. The fourth-order valence-corrected chi connectivity index (χ4v) is 12.0. The zero-order chi connectivity index (χ0) is 47.5. The fourth-order valence-electron chi connectivity index (χ4n) is 10.9. The summed E-state index contributed by atoms with van der Waals surface area (Å²) >= 11 is 1.85. The lowest BCUT2D eigenvalue weighted by atomic mass is 9.99. The molecule has 0 radical (unpaired) electrons. The van der Waals surface area contributed by atoms with E-state index in [2.05, 4.69) is 287 Å². The van der Waals surface area contributed by atoms with Crippen LogP contribution in [0.2, 0.25) is 0 Å². The zero-order valence-electron chi connectivity index (χ0n) is 39.2. The average molecular weight is 936 g/mol. The van der Waals surface area contributed by atoms with Crippen LogP contribution in [0.1, 0.15) is 0 Å². The van der Waals surface area contributed by atoms with Crippen LogP contribution in [-0.4, -0.2) is 4.57 Å². The Kier molecular flexibility index (Phi) is 10.0. The van der Waals surface area contributed by atoms with Crippen molar-refractivity contribution in [2.75, 3.05) is 9.80 Å². The summed E-state index contributed by atoms with van der Waals surface area (Å²) in [7, 11) is 0. The van der Waals surface area contributed by atoms with Crippen LogP contribution in [0.25, 0.3) is 91.5 Å². The van der Waals surface area contributed by atoms with Crippen molar-refractivity contribution in [1.29, 1.82) is 0 Å². The third-order valence-electron chi connectivity index (χ3n) is 14.3. The summed E-state index contributed by atoms with van der Waals surface area (Å²) in [6.07, 6.45) is 0. The Morgan fingerprint density at radius 3 is 1.56 bits per heavy atom. The van der Waals surface area contributed by atoms with Crippen LogP contribution in [0.5, 0.6) is 0 Å². The summed E-state index contributed by atoms with van der Waals surface area (Å²) in [6.45, 7) is 0. The van der Waals surface area contributed by atoms with Crippen LogP contribution in [-0.2, 0) is 0 Å². The molecule has 2 heterocycles. The third-order valence-corrected chi connectivity index (χ3v) is 15.4. The van der Waals surface area contributed by atoms with Crippen LogP contribution >= 0.6 is 11.3 Å². The molecule has 0 amide bonds. The summed E-state index contributed by atoms with van der Waals surface area (Å²) < 4.78 is 5.07. The smallest absolute Gasteiger partial charge is 0.0619 e. The number of fused-ring (bicyclic) bond motifs is 9. The molecule has 14 rings (SSSR count). The zero-order valence-corrected chi connectivity index (χ0v) is 40.0. The van der Waals surface area contributed by atoms with E-state index in [0.29, 0.717) is 0 Å². The molecule has 12 aromatic carbocycles. The maximum Gasteiger partial charge on any atom is 0.0619 e. The van der Waals surface area contributed by atoms with Crippen molar-refractivity contribution in [3.8, 4) is 27.9 Å². The third kappa shape index (κ3) is 7.19. The van der Waals surface area contributed by atoms with Crippen LogP contribution in [0.4, 0.5) is 34.1 Å². The van der Waals surface area contributed by atoms with Crippen LogP contribution in [0, 0.1) is 0 Å². The second-order valence-electron chi connectivity index (χ2n) is 18.6. The van der Waals surface area contributed by atoms with Gasteiger partial charge in [-0.05, 0) is 135 Å². The largest absolute Gasteiger partial charge is 0.310 e. The predicted molar refractivity (Wildman–Crippen MR) is 309 cm³/mol. The first kappa shape index (κ1) is 41.7. The summed E-state index contributed by atoms with van der Waals surface area (Å²) in [5.74, 6) is 0. The second kappa shape index (κ2) is 17.3. The van der Waals surface area contributed by atoms with Gasteiger partial charge >= 0.3 is 0 Å². The van der Waals surface area contributed by atoms with Gasteiger partial charge in [-0.15, -0.1) is 11.3 Å². The molecule has 0 aliphatic heterocycles. The lowest BCUT2D eigenvalue weighted by Gasteiger charge is -2.30. The van der Waals surface area contributed by atoms with E-state index >= 15 is 0 Å². The molecule has 72 heavy (non-hydrogen) atoms. The van der Waals surface area contributed by atoms with E-state index in [0.717, 1.165) is 56.5 Å². The molecule has 0 fully saturated rings. The number of hydrogen-bond donors (Lipinski definition) is 0. The maximum atomic E-state index is 2.49. The Labute approximate surface area is 422 Å². The Hall–Kier alpha value is -9.22. The minimum atomic E-state index is 1.05. The first-order chi connectivity index (χ1) is 35.7. The SMILES string of the molecule is c1ccc(-c2ccc(N(c3ccccc3)c3cc(-c4ccc5c6ccc7ccccc7c6n(-c6ccc7ccccc7c6)c5c4)cc(N(c4ccccc4)c4ccc5sc6ccccc6c5c4)c3)cc2)cc1. The summed E-state index contributed by atoms with van der Waals surface area (Å²) in [4.78, 5) is 4.83. The molecule has 338 valence electrons. The van der Waals surface area contributed by atoms with Crippen molar-refractivity contribution in [2.45, 2.75) is 0 Å². The van der Waals surface area contributed by atoms with Crippen molar-refractivity contribution in [3.63, 3.8) is 0 Å². The quantitative estimate of drug-likeness (QED) is 0.143. The average Bonchev–Trinajstić information content (AvgIpc) is 3.99. The Balaban J connectivity index is 1.03. The van der Waals surface area contributed by atoms with Crippen molar-refractivity contribution in [2.24, 2.45) is 0 Å². The Morgan fingerprint density at radius 1 is 0.264 bits per heavy atom. The van der Waals surface area contributed by atoms with Crippen molar-refractivity contribution in [1.82, 2.24) is 4.57 Å². The van der Waals surface area contributed by atoms with E-state index in [4.69, 9.17) is 0 Å². The molecule has 0 N–H and O–H groups in total. The van der Waals surface area contributed by atoms with E-state index in [1.165, 1.54) is 69.1 Å². The van der Waals surface area contributed by atoms with Crippen molar-refractivity contribution in [3.05, 3.63) is 273 Å². The molecule has 0 spiro atoms. The normalized spacial score (nSPS) is 11.6. The van der Waals surface area contributed by atoms with Gasteiger partial charge in [-0.25, -0.2) is 0 Å². The van der Waals surface area contributed by atoms with Crippen molar-refractivity contribution >= 4 is 109 Å². The van der Waals surface area contributed by atoms with Gasteiger partial charge in [0, 0.05) is 76.1 Å². The van der Waals surface area contributed by atoms with Gasteiger partial charge in [-0.1, -0.05) is 176 Å². The van der Waals surface area contributed by atoms with Gasteiger partial charge < -0.3 is 14.4 Å². The van der Waals surface area contributed by atoms with E-state index in [9.17, 15) is 0 Å². The lowest BCUT2D eigenvalue weighted by molar-refractivity contribution is 1.19. The molecule has 4 heteroatoms. The van der Waals surface area contributed by atoms with Gasteiger partial charge in [0.25, 0.3) is 0 Å². The molecule has 0 saturated heterocycles. The van der Waals surface area contributed by atoms with Gasteiger partial charge in [0.05, 0.1) is 11.0 Å². The maximum absolute atomic E-state index is 2.49. The minimum Gasteiger partial charge on any atom is -0.310 e. The number of anilines is 6. The molecule has 0 unspecified atom stereocenters. The summed E-state index contributed by atoms with van der Waals surface area (Å²) in [5, 5.41) is 9.88.